The molecule has 21 heavy (non-hydrogen) atoms. The topological polar surface area (TPSA) is 97.1 Å². The van der Waals surface area contributed by atoms with Gasteiger partial charge in [0.05, 0.1) is 36.5 Å². The zero-order valence-electron chi connectivity index (χ0n) is 11.4. The minimum absolute atomic E-state index is 0.0521. The van der Waals surface area contributed by atoms with Crippen LogP contribution in [0.25, 0.3) is 0 Å². The van der Waals surface area contributed by atoms with Gasteiger partial charge < -0.3 is 4.74 Å². The van der Waals surface area contributed by atoms with Gasteiger partial charge in [0.25, 0.3) is 11.6 Å². The number of rotatable bonds is 5. The molecule has 112 valence electrons. The molecule has 0 bridgehead atoms. The fourth-order valence-corrected chi connectivity index (χ4v) is 1.93. The van der Waals surface area contributed by atoms with E-state index in [9.17, 15) is 14.9 Å². The second-order valence-corrected chi connectivity index (χ2v) is 4.50. The molecule has 1 aromatic rings. The van der Waals surface area contributed by atoms with E-state index in [1.54, 1.807) is 18.2 Å². The normalized spacial score (nSPS) is 16.0. The van der Waals surface area contributed by atoms with Gasteiger partial charge in [0.2, 0.25) is 0 Å². The highest BCUT2D eigenvalue weighted by Crippen LogP contribution is 2.14. The molecule has 0 saturated carbocycles. The molecular weight excluding hydrogens is 276 g/mol. The van der Waals surface area contributed by atoms with Crippen molar-refractivity contribution < 1.29 is 14.5 Å². The first kappa shape index (κ1) is 15.1. The van der Waals surface area contributed by atoms with Gasteiger partial charge in [-0.1, -0.05) is 12.1 Å². The zero-order chi connectivity index (χ0) is 15.1. The fourth-order valence-electron chi connectivity index (χ4n) is 1.93. The number of nitro groups is 1. The number of amides is 1. The first-order valence-corrected chi connectivity index (χ1v) is 6.52. The number of nitro benzene ring substituents is 1. The molecule has 2 rings (SSSR count). The van der Waals surface area contributed by atoms with Crippen LogP contribution in [0.3, 0.4) is 0 Å². The standard InChI is InChI=1S/C13H16N4O4/c18-13(10-16-5-7-21-8-6-16)15-14-9-11-3-1-2-4-12(11)17(19)20/h1-4,9H,5-8,10H2,(H,15,18). The Morgan fingerprint density at radius 1 is 1.43 bits per heavy atom. The van der Waals surface area contributed by atoms with Crippen molar-refractivity contribution in [1.82, 2.24) is 10.3 Å². The summed E-state index contributed by atoms with van der Waals surface area (Å²) in [5, 5.41) is 14.6. The van der Waals surface area contributed by atoms with Gasteiger partial charge in [-0.3, -0.25) is 19.8 Å². The van der Waals surface area contributed by atoms with E-state index in [0.717, 1.165) is 0 Å². The third-order valence-corrected chi connectivity index (χ3v) is 3.00. The van der Waals surface area contributed by atoms with Crippen molar-refractivity contribution >= 4 is 17.8 Å². The van der Waals surface area contributed by atoms with Gasteiger partial charge in [0.1, 0.15) is 0 Å². The Bertz CT molecular complexity index is 541. The molecule has 1 N–H and O–H groups in total. The predicted octanol–water partition coefficient (Wildman–Crippen LogP) is 0.377. The number of nitrogens with zero attached hydrogens (tertiary/aromatic N) is 3. The molecule has 1 aromatic carbocycles. The third kappa shape index (κ3) is 4.62. The molecule has 0 unspecified atom stereocenters. The van der Waals surface area contributed by atoms with Gasteiger partial charge in [-0.15, -0.1) is 0 Å². The van der Waals surface area contributed by atoms with E-state index in [2.05, 4.69) is 10.5 Å². The van der Waals surface area contributed by atoms with Crippen molar-refractivity contribution in [3.8, 4) is 0 Å². The minimum Gasteiger partial charge on any atom is -0.379 e. The van der Waals surface area contributed by atoms with E-state index < -0.39 is 4.92 Å². The summed E-state index contributed by atoms with van der Waals surface area (Å²) < 4.78 is 5.19. The van der Waals surface area contributed by atoms with Gasteiger partial charge in [0, 0.05) is 19.2 Å². The first-order chi connectivity index (χ1) is 10.2. The van der Waals surface area contributed by atoms with Crippen LogP contribution in [0.15, 0.2) is 29.4 Å². The maximum Gasteiger partial charge on any atom is 0.278 e. The van der Waals surface area contributed by atoms with Crippen LogP contribution < -0.4 is 5.43 Å². The summed E-state index contributed by atoms with van der Waals surface area (Å²) in [6.07, 6.45) is 1.27. The van der Waals surface area contributed by atoms with Crippen molar-refractivity contribution in [2.75, 3.05) is 32.8 Å². The van der Waals surface area contributed by atoms with Crippen LogP contribution in [0.4, 0.5) is 5.69 Å². The van der Waals surface area contributed by atoms with Crippen molar-refractivity contribution in [2.24, 2.45) is 5.10 Å². The number of carbonyl (C=O) groups is 1. The van der Waals surface area contributed by atoms with Gasteiger partial charge in [-0.25, -0.2) is 5.43 Å². The smallest absolute Gasteiger partial charge is 0.278 e. The minimum atomic E-state index is -0.489. The lowest BCUT2D eigenvalue weighted by Gasteiger charge is -2.25. The molecule has 1 aliphatic heterocycles. The third-order valence-electron chi connectivity index (χ3n) is 3.00. The highest BCUT2D eigenvalue weighted by molar-refractivity contribution is 5.86. The second-order valence-electron chi connectivity index (χ2n) is 4.50. The quantitative estimate of drug-likeness (QED) is 0.480. The number of carbonyl (C=O) groups excluding carboxylic acids is 1. The Morgan fingerprint density at radius 2 is 2.14 bits per heavy atom. The van der Waals surface area contributed by atoms with E-state index in [1.165, 1.54) is 12.3 Å². The highest BCUT2D eigenvalue weighted by atomic mass is 16.6. The number of hydrazone groups is 1. The average molecular weight is 292 g/mol. The number of benzene rings is 1. The van der Waals surface area contributed by atoms with E-state index in [-0.39, 0.29) is 18.1 Å². The molecule has 1 aliphatic rings. The maximum atomic E-state index is 11.7. The van der Waals surface area contributed by atoms with Gasteiger partial charge in [-0.2, -0.15) is 5.10 Å². The molecule has 0 aliphatic carbocycles. The lowest BCUT2D eigenvalue weighted by Crippen LogP contribution is -2.42. The van der Waals surface area contributed by atoms with Crippen LogP contribution in [0.5, 0.6) is 0 Å². The van der Waals surface area contributed by atoms with E-state index in [4.69, 9.17) is 4.74 Å². The summed E-state index contributed by atoms with van der Waals surface area (Å²) in [5.41, 5.74) is 2.66. The fraction of sp³-hybridized carbons (Fsp3) is 0.385. The monoisotopic (exact) mass is 292 g/mol. The number of ether oxygens (including phenoxy) is 1. The number of para-hydroxylation sites is 1. The molecule has 1 heterocycles. The molecule has 8 nitrogen and oxygen atoms in total. The molecule has 0 aromatic heterocycles. The predicted molar refractivity (Wildman–Crippen MR) is 76.1 cm³/mol. The molecule has 1 amide bonds. The van der Waals surface area contributed by atoms with E-state index in [0.29, 0.717) is 31.9 Å². The lowest BCUT2D eigenvalue weighted by molar-refractivity contribution is -0.385. The largest absolute Gasteiger partial charge is 0.379 e. The SMILES string of the molecule is O=C(CN1CCOCC1)NN=Cc1ccccc1[N+](=O)[O-]. The molecule has 0 atom stereocenters. The number of hydrogen-bond acceptors (Lipinski definition) is 6. The Kier molecular flexibility index (Phi) is 5.35. The van der Waals surface area contributed by atoms with Crippen molar-refractivity contribution in [3.63, 3.8) is 0 Å². The molecule has 1 saturated heterocycles. The van der Waals surface area contributed by atoms with Crippen LogP contribution >= 0.6 is 0 Å². The van der Waals surface area contributed by atoms with E-state index in [1.807, 2.05) is 4.90 Å². The Labute approximate surface area is 121 Å². The van der Waals surface area contributed by atoms with Crippen molar-refractivity contribution in [2.45, 2.75) is 0 Å². The number of morpholine rings is 1. The second kappa shape index (κ2) is 7.46. The zero-order valence-corrected chi connectivity index (χ0v) is 11.4. The van der Waals surface area contributed by atoms with E-state index >= 15 is 0 Å². The van der Waals surface area contributed by atoms with Crippen LogP contribution in [0.1, 0.15) is 5.56 Å². The van der Waals surface area contributed by atoms with Crippen LogP contribution in [-0.2, 0) is 9.53 Å². The Hall–Kier alpha value is -2.32. The van der Waals surface area contributed by atoms with Gasteiger partial charge in [0.15, 0.2) is 0 Å². The van der Waals surface area contributed by atoms with Crippen molar-refractivity contribution in [3.05, 3.63) is 39.9 Å². The first-order valence-electron chi connectivity index (χ1n) is 6.52. The molecule has 1 fully saturated rings. The summed E-state index contributed by atoms with van der Waals surface area (Å²) in [6, 6.07) is 6.20. The molecule has 0 radical (unpaired) electrons. The van der Waals surface area contributed by atoms with Gasteiger partial charge >= 0.3 is 0 Å². The number of hydrogen-bond donors (Lipinski definition) is 1. The van der Waals surface area contributed by atoms with Crippen LogP contribution in [-0.4, -0.2) is 54.8 Å². The molecule has 8 heteroatoms. The Morgan fingerprint density at radius 3 is 2.86 bits per heavy atom. The van der Waals surface area contributed by atoms with Crippen LogP contribution in [0, 0.1) is 10.1 Å². The summed E-state index contributed by atoms with van der Waals surface area (Å²) in [5.74, 6) is -0.258. The van der Waals surface area contributed by atoms with Crippen molar-refractivity contribution in [1.29, 1.82) is 0 Å². The summed E-state index contributed by atoms with van der Waals surface area (Å²) >= 11 is 0. The highest BCUT2D eigenvalue weighted by Gasteiger charge is 2.14. The maximum absolute atomic E-state index is 11.7. The van der Waals surface area contributed by atoms with Crippen LogP contribution in [0.2, 0.25) is 0 Å². The summed E-state index contributed by atoms with van der Waals surface area (Å²) in [7, 11) is 0. The summed E-state index contributed by atoms with van der Waals surface area (Å²) in [6.45, 7) is 2.89. The number of nitrogens with one attached hydrogen (secondary N) is 1. The summed E-state index contributed by atoms with van der Waals surface area (Å²) in [4.78, 5) is 24.0. The lowest BCUT2D eigenvalue weighted by atomic mass is 10.2. The Balaban J connectivity index is 1.87. The molecule has 0 spiro atoms. The van der Waals surface area contributed by atoms with Gasteiger partial charge in [-0.05, 0) is 6.07 Å². The average Bonchev–Trinajstić information content (AvgIpc) is 2.48. The molecular formula is C13H16N4O4.